The zero-order valence-corrected chi connectivity index (χ0v) is 10.8. The number of halogens is 3. The molecule has 0 fully saturated rings. The third-order valence-corrected chi connectivity index (χ3v) is 2.72. The summed E-state index contributed by atoms with van der Waals surface area (Å²) in [6.45, 7) is 1.57. The smallest absolute Gasteiger partial charge is 0.398 e. The number of tetrazole rings is 1. The van der Waals surface area contributed by atoms with Gasteiger partial charge in [-0.25, -0.2) is 0 Å². The van der Waals surface area contributed by atoms with E-state index in [1.807, 2.05) is 0 Å². The minimum atomic E-state index is -4.63. The highest BCUT2D eigenvalue weighted by Gasteiger charge is 2.33. The second-order valence-corrected chi connectivity index (χ2v) is 4.26. The van der Waals surface area contributed by atoms with Crippen molar-refractivity contribution in [2.45, 2.75) is 19.1 Å². The number of aromatic amines is 1. The molecule has 4 N–H and O–H groups in total. The van der Waals surface area contributed by atoms with Crippen molar-refractivity contribution in [3.05, 3.63) is 35.2 Å². The summed E-state index contributed by atoms with van der Waals surface area (Å²) in [6.07, 6.45) is -4.63. The molecule has 112 valence electrons. The molecule has 0 saturated heterocycles. The van der Waals surface area contributed by atoms with Crippen LogP contribution in [-0.2, 0) is 6.18 Å². The van der Waals surface area contributed by atoms with Crippen molar-refractivity contribution in [1.82, 2.24) is 25.9 Å². The number of nitrogens with zero attached hydrogens (tertiary/aromatic N) is 3. The zero-order chi connectivity index (χ0) is 15.6. The Morgan fingerprint density at radius 1 is 1.43 bits per heavy atom. The molecule has 7 nitrogen and oxygen atoms in total. The van der Waals surface area contributed by atoms with Gasteiger partial charge in [0, 0.05) is 11.3 Å². The molecular weight excluding hydrogens is 289 g/mol. The molecule has 0 spiro atoms. The summed E-state index contributed by atoms with van der Waals surface area (Å²) in [5, 5.41) is 15.3. The van der Waals surface area contributed by atoms with Crippen LogP contribution in [0.2, 0.25) is 0 Å². The normalized spacial score (nSPS) is 13.0. The van der Waals surface area contributed by atoms with E-state index in [0.29, 0.717) is 6.07 Å². The topological polar surface area (TPSA) is 110 Å². The van der Waals surface area contributed by atoms with Crippen LogP contribution in [-0.4, -0.2) is 26.5 Å². The van der Waals surface area contributed by atoms with Gasteiger partial charge in [-0.15, -0.1) is 10.2 Å². The first-order valence-corrected chi connectivity index (χ1v) is 5.80. The minimum absolute atomic E-state index is 0.160. The number of amides is 1. The van der Waals surface area contributed by atoms with Crippen molar-refractivity contribution in [2.75, 3.05) is 5.73 Å². The third kappa shape index (κ3) is 3.27. The Hall–Kier alpha value is -2.65. The number of nitrogen functional groups attached to an aromatic ring is 1. The molecule has 0 aliphatic heterocycles. The van der Waals surface area contributed by atoms with Gasteiger partial charge in [0.2, 0.25) is 0 Å². The van der Waals surface area contributed by atoms with Crippen LogP contribution in [0.5, 0.6) is 0 Å². The number of nitrogens with two attached hydrogens (primary N) is 1. The van der Waals surface area contributed by atoms with E-state index in [0.717, 1.165) is 6.07 Å². The number of carbonyl (C=O) groups excluding carboxylic acids is 1. The van der Waals surface area contributed by atoms with Crippen LogP contribution in [0, 0.1) is 0 Å². The van der Waals surface area contributed by atoms with E-state index in [2.05, 4.69) is 25.9 Å². The maximum atomic E-state index is 12.7. The van der Waals surface area contributed by atoms with Gasteiger partial charge in [-0.05, 0) is 25.1 Å². The summed E-state index contributed by atoms with van der Waals surface area (Å²) in [6, 6.07) is 2.34. The highest BCUT2D eigenvalue weighted by molar-refractivity contribution is 5.95. The molecule has 0 saturated carbocycles. The van der Waals surface area contributed by atoms with E-state index < -0.39 is 29.4 Å². The number of carbonyl (C=O) groups is 1. The summed E-state index contributed by atoms with van der Waals surface area (Å²) < 4.78 is 38.2. The van der Waals surface area contributed by atoms with Gasteiger partial charge in [0.15, 0.2) is 5.82 Å². The van der Waals surface area contributed by atoms with Crippen molar-refractivity contribution in [1.29, 1.82) is 0 Å². The molecular formula is C11H11F3N6O. The van der Waals surface area contributed by atoms with Crippen LogP contribution in [0.4, 0.5) is 18.9 Å². The molecule has 10 heteroatoms. The lowest BCUT2D eigenvalue weighted by Crippen LogP contribution is -2.27. The average molecular weight is 300 g/mol. The Morgan fingerprint density at radius 2 is 2.14 bits per heavy atom. The predicted octanol–water partition coefficient (Wildman–Crippen LogP) is 1.29. The second-order valence-electron chi connectivity index (χ2n) is 4.26. The van der Waals surface area contributed by atoms with Crippen molar-refractivity contribution in [2.24, 2.45) is 0 Å². The Balaban J connectivity index is 2.20. The van der Waals surface area contributed by atoms with Crippen LogP contribution < -0.4 is 11.1 Å². The average Bonchev–Trinajstić information content (AvgIpc) is 2.91. The van der Waals surface area contributed by atoms with E-state index in [1.54, 1.807) is 6.92 Å². The molecule has 21 heavy (non-hydrogen) atoms. The molecule has 0 aliphatic carbocycles. The standard InChI is InChI=1S/C11H11F3N6O/c1-5(9-17-19-20-18-9)16-10(21)6-2-3-8(15)7(4-6)11(12,13)14/h2-5H,15H2,1H3,(H,16,21)(H,17,18,19,20). The lowest BCUT2D eigenvalue weighted by Gasteiger charge is -2.13. The maximum absolute atomic E-state index is 12.7. The highest BCUT2D eigenvalue weighted by atomic mass is 19.4. The van der Waals surface area contributed by atoms with E-state index in [1.165, 1.54) is 6.07 Å². The first-order chi connectivity index (χ1) is 9.79. The van der Waals surface area contributed by atoms with Crippen molar-refractivity contribution in [3.8, 4) is 0 Å². The largest absolute Gasteiger partial charge is 0.418 e. The Kier molecular flexibility index (Phi) is 3.78. The lowest BCUT2D eigenvalue weighted by molar-refractivity contribution is -0.136. The van der Waals surface area contributed by atoms with E-state index in [-0.39, 0.29) is 11.4 Å². The first kappa shape index (κ1) is 14.8. The van der Waals surface area contributed by atoms with Gasteiger partial charge in [0.25, 0.3) is 5.91 Å². The summed E-state index contributed by atoms with van der Waals surface area (Å²) >= 11 is 0. The number of nitrogens with one attached hydrogen (secondary N) is 2. The lowest BCUT2D eigenvalue weighted by atomic mass is 10.1. The van der Waals surface area contributed by atoms with E-state index in [4.69, 9.17) is 5.73 Å². The van der Waals surface area contributed by atoms with Gasteiger partial charge in [-0.1, -0.05) is 5.21 Å². The first-order valence-electron chi connectivity index (χ1n) is 5.80. The molecule has 1 aromatic carbocycles. The van der Waals surface area contributed by atoms with Gasteiger partial charge in [-0.2, -0.15) is 18.4 Å². The van der Waals surface area contributed by atoms with Gasteiger partial charge in [0.1, 0.15) is 0 Å². The Labute approximate surface area is 116 Å². The number of hydrogen-bond donors (Lipinski definition) is 3. The molecule has 0 radical (unpaired) electrons. The Bertz CT molecular complexity index is 640. The number of hydrogen-bond acceptors (Lipinski definition) is 5. The molecule has 2 aromatic rings. The fourth-order valence-corrected chi connectivity index (χ4v) is 1.64. The number of rotatable bonds is 3. The van der Waals surface area contributed by atoms with Gasteiger partial charge in [0.05, 0.1) is 11.6 Å². The summed E-state index contributed by atoms with van der Waals surface area (Å²) in [5.41, 5.74) is 3.62. The summed E-state index contributed by atoms with van der Waals surface area (Å²) in [4.78, 5) is 11.9. The summed E-state index contributed by atoms with van der Waals surface area (Å²) in [7, 11) is 0. The zero-order valence-electron chi connectivity index (χ0n) is 10.8. The van der Waals surface area contributed by atoms with Gasteiger partial charge < -0.3 is 11.1 Å². The predicted molar refractivity (Wildman–Crippen MR) is 65.9 cm³/mol. The molecule has 1 heterocycles. The number of anilines is 1. The number of benzene rings is 1. The fourth-order valence-electron chi connectivity index (χ4n) is 1.64. The minimum Gasteiger partial charge on any atom is -0.398 e. The van der Waals surface area contributed by atoms with Gasteiger partial charge >= 0.3 is 6.18 Å². The van der Waals surface area contributed by atoms with Crippen molar-refractivity contribution >= 4 is 11.6 Å². The van der Waals surface area contributed by atoms with E-state index >= 15 is 0 Å². The number of aromatic nitrogens is 4. The van der Waals surface area contributed by atoms with Crippen molar-refractivity contribution < 1.29 is 18.0 Å². The molecule has 0 aliphatic rings. The molecule has 1 amide bonds. The van der Waals surface area contributed by atoms with Crippen LogP contribution in [0.3, 0.4) is 0 Å². The second kappa shape index (κ2) is 5.38. The number of H-pyrrole nitrogens is 1. The van der Waals surface area contributed by atoms with Crippen molar-refractivity contribution in [3.63, 3.8) is 0 Å². The molecule has 1 aromatic heterocycles. The van der Waals surface area contributed by atoms with Crippen LogP contribution in [0.1, 0.15) is 34.7 Å². The maximum Gasteiger partial charge on any atom is 0.418 e. The van der Waals surface area contributed by atoms with E-state index in [9.17, 15) is 18.0 Å². The fraction of sp³-hybridized carbons (Fsp3) is 0.273. The molecule has 1 atom stereocenters. The molecule has 1 unspecified atom stereocenters. The third-order valence-electron chi connectivity index (χ3n) is 2.72. The quantitative estimate of drug-likeness (QED) is 0.740. The summed E-state index contributed by atoms with van der Waals surface area (Å²) in [5.74, 6) is -0.479. The highest BCUT2D eigenvalue weighted by Crippen LogP contribution is 2.34. The molecule has 2 rings (SSSR count). The Morgan fingerprint density at radius 3 is 2.71 bits per heavy atom. The molecule has 0 bridgehead atoms. The monoisotopic (exact) mass is 300 g/mol. The number of alkyl halides is 3. The van der Waals surface area contributed by atoms with Gasteiger partial charge in [-0.3, -0.25) is 4.79 Å². The van der Waals surface area contributed by atoms with Crippen LogP contribution >= 0.6 is 0 Å². The SMILES string of the molecule is CC(NC(=O)c1ccc(N)c(C(F)(F)F)c1)c1nn[nH]n1. The van der Waals surface area contributed by atoms with Crippen LogP contribution in [0.15, 0.2) is 18.2 Å². The van der Waals surface area contributed by atoms with Crippen LogP contribution in [0.25, 0.3) is 0 Å².